The SMILES string of the molecule is C1CCC(C2CCCC(C3CCCCC3)C2N2C3CCC(C4CCC5CCCC6C7CCCC8CCCC(C87)C4C56)CC3B3C4CC(C5CCC6CCCC7C8CCCC9CCCC(C98)C5C67)CCC4N(C4C(C5CCCCC5)CCCC4C4CCCCC4)C4CC(N5C6CC7CC(C6)CC5C7)CC2C34)CC1. The Bertz CT molecular complexity index is 2780. The standard InChI is InChI=1S/C103H164BN3/c1-5-21-64(22-6-1)79-35-19-36-80(65-23-7-2-8-24-65)102(79)106-91-51-47-72(77-49-45-70-33-15-41-85-83-39-13-29-68-31-17-43-87(95(68)83)99(77)97(70)85)58-89(91)104-90-59-73(78-50-46-71-34-16-42-86-84-40-14-30-69-32-18-44-88(96(69)84)100(78)98(71)86)48-52-92(90)107(103-81(66-25-9-3-10-26-66)37-20-38-82(103)67-27-11-4-12-28-67)94-61-76(60-93(106)101(94)104)105-74-54-62-53-63(56-74)57-75(105)55-62/h62-103H,1-61H2. The lowest BCUT2D eigenvalue weighted by molar-refractivity contribution is -0.171. The second-order valence-electron chi connectivity index (χ2n) is 48.2. The number of rotatable bonds is 9. The van der Waals surface area contributed by atoms with Crippen molar-refractivity contribution in [2.75, 3.05) is 0 Å². The number of hydrogen-bond acceptors (Lipinski definition) is 3. The van der Waals surface area contributed by atoms with E-state index in [9.17, 15) is 0 Å². The van der Waals surface area contributed by atoms with Crippen molar-refractivity contribution < 1.29 is 0 Å². The Balaban J connectivity index is 0.693. The van der Waals surface area contributed by atoms with Crippen molar-refractivity contribution in [1.82, 2.24) is 14.7 Å². The fraction of sp³-hybridized carbons (Fsp3) is 1.00. The van der Waals surface area contributed by atoms with Crippen LogP contribution in [0.15, 0.2) is 0 Å². The summed E-state index contributed by atoms with van der Waals surface area (Å²) in [5, 5.41) is 0. The Kier molecular flexibility index (Phi) is 19.6. The normalized spacial score (nSPS) is 55.9. The van der Waals surface area contributed by atoms with Crippen molar-refractivity contribution in [2.45, 2.75) is 463 Å². The van der Waals surface area contributed by atoms with E-state index in [0.717, 1.165) is 256 Å². The molecular weight excluding hydrogens is 1290 g/mol. The topological polar surface area (TPSA) is 9.72 Å². The van der Waals surface area contributed by atoms with Gasteiger partial charge >= 0.3 is 0 Å². The minimum atomic E-state index is 0.845. The summed E-state index contributed by atoms with van der Waals surface area (Å²) in [7, 11) is 0. The highest BCUT2D eigenvalue weighted by molar-refractivity contribution is 6.65. The molecule has 0 N–H and O–H groups in total. The molecule has 21 aliphatic carbocycles. The van der Waals surface area contributed by atoms with Gasteiger partial charge in [-0.25, -0.2) is 0 Å². The Hall–Kier alpha value is -0.0551. The molecule has 0 aromatic carbocycles. The first-order valence-corrected chi connectivity index (χ1v) is 52.4. The van der Waals surface area contributed by atoms with E-state index in [1.165, 1.54) is 0 Å². The number of nitrogens with zero attached hydrogens (tertiary/aromatic N) is 3. The van der Waals surface area contributed by atoms with Gasteiger partial charge < -0.3 is 0 Å². The minimum absolute atomic E-state index is 0.845. The van der Waals surface area contributed by atoms with Crippen LogP contribution in [0.4, 0.5) is 0 Å². The zero-order valence-electron chi connectivity index (χ0n) is 69.3. The van der Waals surface area contributed by atoms with Crippen LogP contribution < -0.4 is 0 Å². The molecule has 0 radical (unpaired) electrons. The molecule has 0 spiro atoms. The lowest BCUT2D eigenvalue weighted by Gasteiger charge is -2.73. The predicted octanol–water partition coefficient (Wildman–Crippen LogP) is 26.4. The van der Waals surface area contributed by atoms with Gasteiger partial charge in [0.15, 0.2) is 6.71 Å². The Morgan fingerprint density at radius 1 is 0.168 bits per heavy atom. The average molecular weight is 1460 g/mol. The van der Waals surface area contributed by atoms with Crippen LogP contribution in [-0.4, -0.2) is 75.8 Å². The molecule has 0 amide bonds. The van der Waals surface area contributed by atoms with Crippen LogP contribution in [0.1, 0.15) is 392 Å². The monoisotopic (exact) mass is 1450 g/mol. The van der Waals surface area contributed by atoms with Gasteiger partial charge in [0.25, 0.3) is 0 Å². The van der Waals surface area contributed by atoms with Gasteiger partial charge in [-0.1, -0.05) is 231 Å². The highest BCUT2D eigenvalue weighted by Gasteiger charge is 2.72. The molecular formula is C103H164BN3. The van der Waals surface area contributed by atoms with Crippen LogP contribution >= 0.6 is 0 Å². The molecule has 4 aliphatic heterocycles. The van der Waals surface area contributed by atoms with Crippen LogP contribution in [0.25, 0.3) is 0 Å². The maximum absolute atomic E-state index is 4.05. The molecule has 0 aromatic heterocycles. The molecule has 107 heavy (non-hydrogen) atoms. The summed E-state index contributed by atoms with van der Waals surface area (Å²) >= 11 is 0. The van der Waals surface area contributed by atoms with E-state index in [1.807, 2.05) is 0 Å². The Morgan fingerprint density at radius 3 is 0.841 bits per heavy atom. The van der Waals surface area contributed by atoms with E-state index in [4.69, 9.17) is 0 Å². The van der Waals surface area contributed by atoms with Gasteiger partial charge in [-0.2, -0.15) is 0 Å². The van der Waals surface area contributed by atoms with E-state index in [0.29, 0.717) is 0 Å². The first kappa shape index (κ1) is 71.1. The molecule has 594 valence electrons. The third-order valence-corrected chi connectivity index (χ3v) is 45.4. The largest absolute Gasteiger partial charge is 0.295 e. The van der Waals surface area contributed by atoms with Crippen molar-refractivity contribution in [3.63, 3.8) is 0 Å². The molecule has 0 aromatic rings. The van der Waals surface area contributed by atoms with Crippen molar-refractivity contribution in [2.24, 2.45) is 178 Å². The lowest BCUT2D eigenvalue weighted by Crippen LogP contribution is -2.78. The first-order chi connectivity index (χ1) is 53.1. The molecule has 30 atom stereocenters. The van der Waals surface area contributed by atoms with Gasteiger partial charge in [-0.05, 0) is 356 Å². The zero-order chi connectivity index (χ0) is 69.7. The van der Waals surface area contributed by atoms with Crippen LogP contribution in [0, 0.1) is 178 Å². The molecule has 25 rings (SSSR count). The minimum Gasteiger partial charge on any atom is -0.295 e. The summed E-state index contributed by atoms with van der Waals surface area (Å²) in [6.07, 6.45) is 98.9. The summed E-state index contributed by atoms with van der Waals surface area (Å²) in [5.74, 6) is 35.2. The maximum atomic E-state index is 4.05. The summed E-state index contributed by atoms with van der Waals surface area (Å²) in [5.41, 5.74) is 0. The second-order valence-corrected chi connectivity index (χ2v) is 48.2. The van der Waals surface area contributed by atoms with E-state index in [2.05, 4.69) is 14.7 Å². The molecule has 25 fully saturated rings. The fourth-order valence-electron chi connectivity index (χ4n) is 43.4. The third kappa shape index (κ3) is 11.8. The molecule has 30 unspecified atom stereocenters. The van der Waals surface area contributed by atoms with Crippen LogP contribution in [0.3, 0.4) is 0 Å². The third-order valence-electron chi connectivity index (χ3n) is 45.4. The lowest BCUT2D eigenvalue weighted by atomic mass is 9.17. The number of fused-ring (bicyclic) bond motifs is 8. The molecule has 4 heterocycles. The van der Waals surface area contributed by atoms with Crippen molar-refractivity contribution in [3.05, 3.63) is 0 Å². The molecule has 25 aliphatic rings. The van der Waals surface area contributed by atoms with Crippen molar-refractivity contribution in [1.29, 1.82) is 0 Å². The average Bonchev–Trinajstić information content (AvgIpc) is 0.688. The second kappa shape index (κ2) is 29.5. The van der Waals surface area contributed by atoms with E-state index in [1.54, 1.807) is 392 Å². The highest BCUT2D eigenvalue weighted by Crippen LogP contribution is 2.74. The Labute approximate surface area is 658 Å². The number of hydrogen-bond donors (Lipinski definition) is 0. The summed E-state index contributed by atoms with van der Waals surface area (Å²) in [4.78, 5) is 11.7. The summed E-state index contributed by atoms with van der Waals surface area (Å²) in [6.45, 7) is 1.01. The molecule has 4 saturated heterocycles. The van der Waals surface area contributed by atoms with Crippen LogP contribution in [-0.2, 0) is 0 Å². The van der Waals surface area contributed by atoms with Gasteiger partial charge in [0.1, 0.15) is 0 Å². The fourth-order valence-corrected chi connectivity index (χ4v) is 43.4. The van der Waals surface area contributed by atoms with E-state index in [-0.39, 0.29) is 0 Å². The quantitative estimate of drug-likeness (QED) is 0.213. The first-order valence-electron chi connectivity index (χ1n) is 52.4. The number of piperidine rings is 2. The Morgan fingerprint density at radius 2 is 0.467 bits per heavy atom. The van der Waals surface area contributed by atoms with E-state index >= 15 is 0 Å². The van der Waals surface area contributed by atoms with Crippen molar-refractivity contribution >= 4 is 6.71 Å². The van der Waals surface area contributed by atoms with Gasteiger partial charge in [0.2, 0.25) is 0 Å². The van der Waals surface area contributed by atoms with Gasteiger partial charge in [0, 0.05) is 54.4 Å². The van der Waals surface area contributed by atoms with E-state index < -0.39 is 0 Å². The van der Waals surface area contributed by atoms with Crippen molar-refractivity contribution in [3.8, 4) is 0 Å². The molecule has 3 nitrogen and oxygen atoms in total. The smallest absolute Gasteiger partial charge is 0.156 e. The van der Waals surface area contributed by atoms with Crippen LogP contribution in [0.5, 0.6) is 0 Å². The highest BCUT2D eigenvalue weighted by atomic mass is 15.3. The predicted molar refractivity (Wildman–Crippen MR) is 443 cm³/mol. The van der Waals surface area contributed by atoms with Gasteiger partial charge in [0.05, 0.1) is 0 Å². The molecule has 4 bridgehead atoms. The van der Waals surface area contributed by atoms with Crippen LogP contribution in [0.2, 0.25) is 17.5 Å². The maximum Gasteiger partial charge on any atom is 0.156 e. The summed E-state index contributed by atoms with van der Waals surface area (Å²) in [6, 6.07) is 7.98. The van der Waals surface area contributed by atoms with Gasteiger partial charge in [-0.3, -0.25) is 14.7 Å². The summed E-state index contributed by atoms with van der Waals surface area (Å²) < 4.78 is 0. The molecule has 21 saturated carbocycles. The van der Waals surface area contributed by atoms with Gasteiger partial charge in [-0.15, -0.1) is 0 Å². The molecule has 4 heteroatoms. The zero-order valence-corrected chi connectivity index (χ0v) is 69.3.